The predicted molar refractivity (Wildman–Crippen MR) is 111 cm³/mol. The third-order valence-corrected chi connectivity index (χ3v) is 8.16. The van der Waals surface area contributed by atoms with Gasteiger partial charge in [-0.2, -0.15) is 4.31 Å². The van der Waals surface area contributed by atoms with Gasteiger partial charge in [-0.05, 0) is 23.6 Å². The summed E-state index contributed by atoms with van der Waals surface area (Å²) < 4.78 is 39.2. The molecule has 2 aliphatic rings. The first-order valence-corrected chi connectivity index (χ1v) is 12.0. The highest BCUT2D eigenvalue weighted by molar-refractivity contribution is 7.89. The average Bonchev–Trinajstić information content (AvgIpc) is 3.23. The summed E-state index contributed by atoms with van der Waals surface area (Å²) in [5.41, 5.74) is 0.585. The first-order valence-electron chi connectivity index (χ1n) is 9.70. The molecule has 0 saturated carbocycles. The van der Waals surface area contributed by atoms with Gasteiger partial charge in [0.25, 0.3) is 5.56 Å². The monoisotopic (exact) mass is 449 g/mol. The molecule has 1 saturated heterocycles. The smallest absolute Gasteiger partial charge is 0.269 e. The maximum atomic E-state index is 13.1. The fraction of sp³-hybridized carbons (Fsp3) is 0.368. The molecular formula is C19H21N4O5S2+. The van der Waals surface area contributed by atoms with Gasteiger partial charge in [0.05, 0.1) is 36.6 Å². The van der Waals surface area contributed by atoms with Gasteiger partial charge in [-0.1, -0.05) is 0 Å². The molecule has 11 heteroatoms. The van der Waals surface area contributed by atoms with Crippen LogP contribution in [0.1, 0.15) is 5.82 Å². The number of quaternary nitrogens is 1. The molecule has 4 heterocycles. The lowest BCUT2D eigenvalue weighted by Gasteiger charge is -2.31. The zero-order chi connectivity index (χ0) is 20.7. The van der Waals surface area contributed by atoms with Crippen molar-refractivity contribution in [2.75, 3.05) is 39.4 Å². The van der Waals surface area contributed by atoms with E-state index in [1.165, 1.54) is 26.6 Å². The number of H-pyrrole nitrogens is 1. The molecule has 30 heavy (non-hydrogen) atoms. The maximum Gasteiger partial charge on any atom is 0.269 e. The van der Waals surface area contributed by atoms with Crippen molar-refractivity contribution in [1.82, 2.24) is 14.3 Å². The van der Waals surface area contributed by atoms with Crippen molar-refractivity contribution in [3.8, 4) is 11.5 Å². The topological polar surface area (TPSA) is 106 Å². The van der Waals surface area contributed by atoms with Crippen molar-refractivity contribution in [2.24, 2.45) is 0 Å². The first kappa shape index (κ1) is 19.5. The van der Waals surface area contributed by atoms with Crippen molar-refractivity contribution < 1.29 is 22.8 Å². The van der Waals surface area contributed by atoms with E-state index in [2.05, 4.69) is 9.97 Å². The van der Waals surface area contributed by atoms with Gasteiger partial charge in [-0.15, -0.1) is 11.3 Å². The van der Waals surface area contributed by atoms with E-state index in [0.717, 1.165) is 0 Å². The second kappa shape index (κ2) is 7.65. The molecule has 0 aliphatic carbocycles. The summed E-state index contributed by atoms with van der Waals surface area (Å²) in [5.74, 6) is 1.66. The number of hydrogen-bond acceptors (Lipinski definition) is 7. The SMILES string of the molecule is O=c1[nH]c(C[NH+]2CCN(S(=O)(=O)c3ccc4c(c3)OCCO4)CC2)nc2ccsc12. The Morgan fingerprint density at radius 1 is 1.13 bits per heavy atom. The van der Waals surface area contributed by atoms with E-state index in [1.807, 2.05) is 11.4 Å². The number of nitrogens with one attached hydrogen (secondary N) is 2. The van der Waals surface area contributed by atoms with Crippen molar-refractivity contribution >= 4 is 31.6 Å². The summed E-state index contributed by atoms with van der Waals surface area (Å²) >= 11 is 1.37. The zero-order valence-corrected chi connectivity index (χ0v) is 17.7. The van der Waals surface area contributed by atoms with E-state index in [1.54, 1.807) is 12.1 Å². The fourth-order valence-corrected chi connectivity index (χ4v) is 5.98. The van der Waals surface area contributed by atoms with Crippen molar-refractivity contribution in [3.05, 3.63) is 45.8 Å². The number of aromatic amines is 1. The lowest BCUT2D eigenvalue weighted by molar-refractivity contribution is -0.917. The highest BCUT2D eigenvalue weighted by Gasteiger charge is 2.31. The van der Waals surface area contributed by atoms with E-state index >= 15 is 0 Å². The van der Waals surface area contributed by atoms with Crippen molar-refractivity contribution in [3.63, 3.8) is 0 Å². The number of benzene rings is 1. The van der Waals surface area contributed by atoms with Crippen LogP contribution >= 0.6 is 11.3 Å². The summed E-state index contributed by atoms with van der Waals surface area (Å²) in [5, 5.41) is 1.85. The molecule has 0 amide bonds. The van der Waals surface area contributed by atoms with Crippen molar-refractivity contribution in [2.45, 2.75) is 11.4 Å². The molecule has 0 bridgehead atoms. The first-order chi connectivity index (χ1) is 14.5. The predicted octanol–water partition coefficient (Wildman–Crippen LogP) is -0.155. The van der Waals surface area contributed by atoms with Gasteiger partial charge in [0.2, 0.25) is 10.0 Å². The van der Waals surface area contributed by atoms with Gasteiger partial charge in [0.15, 0.2) is 17.3 Å². The molecule has 1 fully saturated rings. The van der Waals surface area contributed by atoms with Gasteiger partial charge in [0, 0.05) is 6.07 Å². The number of aromatic nitrogens is 2. The highest BCUT2D eigenvalue weighted by atomic mass is 32.2. The summed E-state index contributed by atoms with van der Waals surface area (Å²) in [7, 11) is -3.61. The third-order valence-electron chi connectivity index (χ3n) is 5.36. The third kappa shape index (κ3) is 3.58. The molecule has 2 aromatic heterocycles. The Labute approximate surface area is 176 Å². The van der Waals surface area contributed by atoms with E-state index in [0.29, 0.717) is 73.5 Å². The van der Waals surface area contributed by atoms with E-state index in [-0.39, 0.29) is 10.5 Å². The fourth-order valence-electron chi connectivity index (χ4n) is 3.79. The van der Waals surface area contributed by atoms with Gasteiger partial charge in [-0.3, -0.25) is 4.79 Å². The van der Waals surface area contributed by atoms with E-state index in [9.17, 15) is 13.2 Å². The molecule has 2 N–H and O–H groups in total. The van der Waals surface area contributed by atoms with Crippen LogP contribution in [0.2, 0.25) is 0 Å². The Morgan fingerprint density at radius 2 is 1.90 bits per heavy atom. The van der Waals surface area contributed by atoms with Crippen LogP contribution in [0.3, 0.4) is 0 Å². The molecule has 5 rings (SSSR count). The Hall–Kier alpha value is -2.47. The molecule has 158 valence electrons. The molecule has 9 nitrogen and oxygen atoms in total. The van der Waals surface area contributed by atoms with Crippen LogP contribution in [-0.2, 0) is 16.6 Å². The minimum absolute atomic E-state index is 0.121. The molecule has 3 aromatic rings. The quantitative estimate of drug-likeness (QED) is 0.574. The van der Waals surface area contributed by atoms with Gasteiger partial charge in [-0.25, -0.2) is 13.4 Å². The molecule has 0 spiro atoms. The molecular weight excluding hydrogens is 428 g/mol. The Bertz CT molecular complexity index is 1250. The lowest BCUT2D eigenvalue weighted by atomic mass is 10.3. The number of nitrogens with zero attached hydrogens (tertiary/aromatic N) is 2. The number of thiophene rings is 1. The number of hydrogen-bond donors (Lipinski definition) is 2. The van der Waals surface area contributed by atoms with Crippen LogP contribution in [0.15, 0.2) is 39.3 Å². The summed E-state index contributed by atoms with van der Waals surface area (Å²) in [6.07, 6.45) is 0. The van der Waals surface area contributed by atoms with Crippen molar-refractivity contribution in [1.29, 1.82) is 0 Å². The molecule has 0 radical (unpaired) electrons. The number of piperazine rings is 1. The molecule has 1 aromatic carbocycles. The lowest BCUT2D eigenvalue weighted by Crippen LogP contribution is -3.13. The van der Waals surface area contributed by atoms with Gasteiger partial charge in [0.1, 0.15) is 24.5 Å². The van der Waals surface area contributed by atoms with E-state index < -0.39 is 10.0 Å². The summed E-state index contributed by atoms with van der Waals surface area (Å²) in [6, 6.07) is 6.58. The standard InChI is InChI=1S/C19H20N4O5S2/c24-19-18-14(3-10-29-18)20-17(21-19)12-22-4-6-23(7-5-22)30(25,26)13-1-2-15-16(11-13)28-9-8-27-15/h1-3,10-11H,4-9,12H2,(H,20,21,24)/p+1. The average molecular weight is 450 g/mol. The Kier molecular flexibility index (Phi) is 4.97. The summed E-state index contributed by atoms with van der Waals surface area (Å²) in [6.45, 7) is 3.49. The molecule has 2 aliphatic heterocycles. The zero-order valence-electron chi connectivity index (χ0n) is 16.1. The van der Waals surface area contributed by atoms with E-state index in [4.69, 9.17) is 9.47 Å². The van der Waals surface area contributed by atoms with Crippen LogP contribution in [0.4, 0.5) is 0 Å². The Morgan fingerprint density at radius 3 is 2.70 bits per heavy atom. The van der Waals surface area contributed by atoms with Crippen LogP contribution < -0.4 is 19.9 Å². The van der Waals surface area contributed by atoms with Gasteiger partial charge >= 0.3 is 0 Å². The number of fused-ring (bicyclic) bond motifs is 2. The number of ether oxygens (including phenoxy) is 2. The maximum absolute atomic E-state index is 13.1. The summed E-state index contributed by atoms with van der Waals surface area (Å²) in [4.78, 5) is 20.9. The van der Waals surface area contributed by atoms with Crippen LogP contribution in [0, 0.1) is 0 Å². The minimum atomic E-state index is -3.61. The molecule has 0 atom stereocenters. The normalized spacial score (nSPS) is 18.0. The second-order valence-corrected chi connectivity index (χ2v) is 10.1. The van der Waals surface area contributed by atoms with Crippen LogP contribution in [0.5, 0.6) is 11.5 Å². The second-order valence-electron chi connectivity index (χ2n) is 7.28. The van der Waals surface area contributed by atoms with Crippen LogP contribution in [0.25, 0.3) is 10.2 Å². The molecule has 0 unspecified atom stereocenters. The highest BCUT2D eigenvalue weighted by Crippen LogP contribution is 2.33. The Balaban J connectivity index is 1.27. The number of sulfonamides is 1. The minimum Gasteiger partial charge on any atom is -0.486 e. The number of rotatable bonds is 4. The largest absolute Gasteiger partial charge is 0.486 e. The van der Waals surface area contributed by atoms with Crippen LogP contribution in [-0.4, -0.2) is 62.1 Å². The van der Waals surface area contributed by atoms with Gasteiger partial charge < -0.3 is 19.4 Å².